The topological polar surface area (TPSA) is 90.9 Å². The fraction of sp³-hybridized carbons (Fsp3) is 0.462. The van der Waals surface area contributed by atoms with Gasteiger partial charge in [0.25, 0.3) is 0 Å². The molecule has 21 heavy (non-hydrogen) atoms. The summed E-state index contributed by atoms with van der Waals surface area (Å²) in [6, 6.07) is 3.14. The molecule has 0 fully saturated rings. The average molecular weight is 317 g/mol. The first-order chi connectivity index (χ1) is 9.80. The Bertz CT molecular complexity index is 586. The number of methoxy groups -OCH3 is 3. The summed E-state index contributed by atoms with van der Waals surface area (Å²) in [7, 11) is 1.23. The molecule has 0 atom stereocenters. The molecule has 0 bridgehead atoms. The molecular formula is C13H19NO6S. The van der Waals surface area contributed by atoms with Crippen LogP contribution in [0.4, 0.5) is 5.69 Å². The molecule has 1 N–H and O–H groups in total. The van der Waals surface area contributed by atoms with E-state index in [0.717, 1.165) is 6.26 Å². The molecule has 0 aliphatic heterocycles. The van der Waals surface area contributed by atoms with E-state index in [1.54, 1.807) is 12.1 Å². The normalized spacial score (nSPS) is 10.9. The monoisotopic (exact) mass is 317 g/mol. The van der Waals surface area contributed by atoms with E-state index in [9.17, 15) is 13.2 Å². The summed E-state index contributed by atoms with van der Waals surface area (Å²) in [5, 5.41) is 2.60. The van der Waals surface area contributed by atoms with Gasteiger partial charge >= 0.3 is 0 Å². The third kappa shape index (κ3) is 5.14. The van der Waals surface area contributed by atoms with Crippen LogP contribution in [0.3, 0.4) is 0 Å². The Kier molecular flexibility index (Phi) is 5.83. The van der Waals surface area contributed by atoms with Crippen molar-refractivity contribution >= 4 is 21.4 Å². The highest BCUT2D eigenvalue weighted by Crippen LogP contribution is 2.39. The average Bonchev–Trinajstić information content (AvgIpc) is 2.43. The summed E-state index contributed by atoms with van der Waals surface area (Å²) >= 11 is 0. The van der Waals surface area contributed by atoms with E-state index in [1.807, 2.05) is 0 Å². The van der Waals surface area contributed by atoms with Crippen LogP contribution in [0.25, 0.3) is 0 Å². The minimum Gasteiger partial charge on any atom is -0.493 e. The smallest absolute Gasteiger partial charge is 0.225 e. The number of rotatable bonds is 7. The summed E-state index contributed by atoms with van der Waals surface area (Å²) < 4.78 is 37.6. The molecule has 0 radical (unpaired) electrons. The molecule has 0 spiro atoms. The van der Waals surface area contributed by atoms with Crippen LogP contribution in [0.2, 0.25) is 0 Å². The van der Waals surface area contributed by atoms with E-state index in [2.05, 4.69) is 5.32 Å². The van der Waals surface area contributed by atoms with Gasteiger partial charge in [-0.15, -0.1) is 0 Å². The molecule has 0 saturated heterocycles. The zero-order valence-electron chi connectivity index (χ0n) is 12.4. The third-order valence-corrected chi connectivity index (χ3v) is 3.59. The molecule has 0 saturated carbocycles. The molecule has 1 aromatic carbocycles. The van der Waals surface area contributed by atoms with Crippen LogP contribution in [0.15, 0.2) is 12.1 Å². The van der Waals surface area contributed by atoms with Gasteiger partial charge in [0.1, 0.15) is 9.84 Å². The van der Waals surface area contributed by atoms with Gasteiger partial charge in [-0.2, -0.15) is 0 Å². The lowest BCUT2D eigenvalue weighted by Crippen LogP contribution is -2.16. The van der Waals surface area contributed by atoms with Gasteiger partial charge in [-0.05, 0) is 0 Å². The van der Waals surface area contributed by atoms with Crippen LogP contribution in [0.5, 0.6) is 17.2 Å². The molecule has 0 aliphatic rings. The van der Waals surface area contributed by atoms with E-state index in [-0.39, 0.29) is 12.2 Å². The van der Waals surface area contributed by atoms with E-state index in [1.165, 1.54) is 21.3 Å². The Morgan fingerprint density at radius 3 is 2.00 bits per heavy atom. The lowest BCUT2D eigenvalue weighted by atomic mass is 10.2. The zero-order chi connectivity index (χ0) is 16.0. The maximum Gasteiger partial charge on any atom is 0.225 e. The number of nitrogens with one attached hydrogen (secondary N) is 1. The van der Waals surface area contributed by atoms with Crippen molar-refractivity contribution in [2.45, 2.75) is 6.42 Å². The number of hydrogen-bond acceptors (Lipinski definition) is 6. The van der Waals surface area contributed by atoms with Crippen LogP contribution in [0, 0.1) is 0 Å². The van der Waals surface area contributed by atoms with Crippen molar-refractivity contribution in [3.63, 3.8) is 0 Å². The molecule has 1 amide bonds. The zero-order valence-corrected chi connectivity index (χ0v) is 13.2. The molecule has 0 unspecified atom stereocenters. The van der Waals surface area contributed by atoms with Crippen LogP contribution in [-0.2, 0) is 14.6 Å². The second-order valence-corrected chi connectivity index (χ2v) is 6.60. The van der Waals surface area contributed by atoms with Crippen LogP contribution in [-0.4, -0.2) is 47.7 Å². The number of ether oxygens (including phenoxy) is 3. The number of carbonyl (C=O) groups excluding carboxylic acids is 1. The Morgan fingerprint density at radius 2 is 1.62 bits per heavy atom. The quantitative estimate of drug-likeness (QED) is 0.809. The van der Waals surface area contributed by atoms with Gasteiger partial charge in [0, 0.05) is 30.5 Å². The molecule has 1 rings (SSSR count). The van der Waals surface area contributed by atoms with Gasteiger partial charge in [0.2, 0.25) is 11.7 Å². The molecule has 118 valence electrons. The lowest BCUT2D eigenvalue weighted by Gasteiger charge is -2.14. The van der Waals surface area contributed by atoms with Crippen LogP contribution >= 0.6 is 0 Å². The Balaban J connectivity index is 2.91. The van der Waals surface area contributed by atoms with Crippen molar-refractivity contribution in [2.24, 2.45) is 0 Å². The number of benzene rings is 1. The molecular weight excluding hydrogens is 298 g/mol. The highest BCUT2D eigenvalue weighted by atomic mass is 32.2. The Hall–Kier alpha value is -1.96. The molecule has 0 heterocycles. The van der Waals surface area contributed by atoms with E-state index >= 15 is 0 Å². The Morgan fingerprint density at radius 1 is 1.10 bits per heavy atom. The minimum absolute atomic E-state index is 0.116. The first-order valence-electron chi connectivity index (χ1n) is 6.08. The maximum absolute atomic E-state index is 11.7. The van der Waals surface area contributed by atoms with Gasteiger partial charge < -0.3 is 19.5 Å². The predicted molar refractivity (Wildman–Crippen MR) is 79.1 cm³/mol. The molecule has 1 aromatic rings. The third-order valence-electron chi connectivity index (χ3n) is 2.65. The van der Waals surface area contributed by atoms with Gasteiger partial charge in [0.15, 0.2) is 11.5 Å². The highest BCUT2D eigenvalue weighted by Gasteiger charge is 2.15. The lowest BCUT2D eigenvalue weighted by molar-refractivity contribution is -0.115. The van der Waals surface area contributed by atoms with E-state index in [4.69, 9.17) is 14.2 Å². The number of carbonyl (C=O) groups is 1. The summed E-state index contributed by atoms with van der Waals surface area (Å²) in [5.41, 5.74) is 0.433. The summed E-state index contributed by atoms with van der Waals surface area (Å²) in [5.74, 6) is 0.595. The van der Waals surface area contributed by atoms with Crippen molar-refractivity contribution in [3.8, 4) is 17.2 Å². The molecule has 7 nitrogen and oxygen atoms in total. The fourth-order valence-electron chi connectivity index (χ4n) is 1.65. The van der Waals surface area contributed by atoms with Crippen molar-refractivity contribution in [1.29, 1.82) is 0 Å². The second-order valence-electron chi connectivity index (χ2n) is 4.34. The van der Waals surface area contributed by atoms with Gasteiger partial charge in [-0.1, -0.05) is 0 Å². The van der Waals surface area contributed by atoms with E-state index in [0.29, 0.717) is 22.9 Å². The largest absolute Gasteiger partial charge is 0.493 e. The van der Waals surface area contributed by atoms with Crippen LogP contribution in [0.1, 0.15) is 6.42 Å². The minimum atomic E-state index is -3.18. The first-order valence-corrected chi connectivity index (χ1v) is 8.14. The van der Waals surface area contributed by atoms with Gasteiger partial charge in [-0.3, -0.25) is 4.79 Å². The molecule has 0 aliphatic carbocycles. The summed E-state index contributed by atoms with van der Waals surface area (Å²) in [4.78, 5) is 11.7. The Labute approximate surface area is 124 Å². The van der Waals surface area contributed by atoms with Crippen molar-refractivity contribution in [2.75, 3.05) is 38.7 Å². The van der Waals surface area contributed by atoms with Gasteiger partial charge in [-0.25, -0.2) is 8.42 Å². The SMILES string of the molecule is COc1cc(NC(=O)CCS(C)(=O)=O)cc(OC)c1OC. The fourth-order valence-corrected chi connectivity index (χ4v) is 2.21. The number of anilines is 1. The van der Waals surface area contributed by atoms with Gasteiger partial charge in [0.05, 0.1) is 27.1 Å². The first kappa shape index (κ1) is 17.1. The molecule has 0 aromatic heterocycles. The van der Waals surface area contributed by atoms with Crippen molar-refractivity contribution in [3.05, 3.63) is 12.1 Å². The highest BCUT2D eigenvalue weighted by molar-refractivity contribution is 7.90. The number of hydrogen-bond donors (Lipinski definition) is 1. The van der Waals surface area contributed by atoms with Crippen molar-refractivity contribution < 1.29 is 27.4 Å². The van der Waals surface area contributed by atoms with Crippen molar-refractivity contribution in [1.82, 2.24) is 0 Å². The summed E-state index contributed by atoms with van der Waals surface area (Å²) in [6.07, 6.45) is 0.967. The predicted octanol–water partition coefficient (Wildman–Crippen LogP) is 1.09. The van der Waals surface area contributed by atoms with E-state index < -0.39 is 15.7 Å². The standard InChI is InChI=1S/C13H19NO6S/c1-18-10-7-9(8-11(19-2)13(10)20-3)14-12(15)5-6-21(4,16)17/h7-8H,5-6H2,1-4H3,(H,14,15). The number of amides is 1. The second kappa shape index (κ2) is 7.16. The maximum atomic E-state index is 11.7. The molecule has 8 heteroatoms. The number of sulfone groups is 1. The van der Waals surface area contributed by atoms with Crippen LogP contribution < -0.4 is 19.5 Å². The summed E-state index contributed by atoms with van der Waals surface area (Å²) in [6.45, 7) is 0.